The molecule has 0 spiro atoms. The van der Waals surface area contributed by atoms with Gasteiger partial charge in [0.25, 0.3) is 6.43 Å². The lowest BCUT2D eigenvalue weighted by atomic mass is 10.1. The molecule has 1 aromatic rings. The zero-order valence-electron chi connectivity index (χ0n) is 10.2. The Morgan fingerprint density at radius 3 is 2.44 bits per heavy atom. The Labute approximate surface area is 104 Å². The second-order valence-corrected chi connectivity index (χ2v) is 3.35. The van der Waals surface area contributed by atoms with Gasteiger partial charge in [0.2, 0.25) is 6.41 Å². The highest BCUT2D eigenvalue weighted by Gasteiger charge is 2.14. The summed E-state index contributed by atoms with van der Waals surface area (Å²) in [6.45, 7) is -0.378. The number of hydrogen-bond acceptors (Lipinski definition) is 4. The van der Waals surface area contributed by atoms with Crippen LogP contribution in [0.3, 0.4) is 0 Å². The molecule has 0 aromatic heterocycles. The van der Waals surface area contributed by atoms with E-state index in [0.29, 0.717) is 12.1 Å². The maximum absolute atomic E-state index is 12.4. The first kappa shape index (κ1) is 16.3. The lowest BCUT2D eigenvalue weighted by Gasteiger charge is -2.11. The van der Waals surface area contributed by atoms with Gasteiger partial charge in [-0.3, -0.25) is 9.80 Å². The summed E-state index contributed by atoms with van der Waals surface area (Å²) in [6.07, 6.45) is -2.02. The number of amides is 1. The number of carbonyl (C=O) groups excluding carboxylic acids is 1. The lowest BCUT2D eigenvalue weighted by Crippen LogP contribution is -2.23. The van der Waals surface area contributed by atoms with Crippen LogP contribution in [-0.2, 0) is 11.4 Å². The van der Waals surface area contributed by atoms with Crippen molar-refractivity contribution in [2.45, 2.75) is 13.0 Å². The predicted molar refractivity (Wildman–Crippen MR) is 64.9 cm³/mol. The third-order valence-corrected chi connectivity index (χ3v) is 2.04. The van der Waals surface area contributed by atoms with Gasteiger partial charge in [-0.15, -0.1) is 0 Å². The Morgan fingerprint density at radius 2 is 2.11 bits per heavy atom. The Morgan fingerprint density at radius 1 is 1.56 bits per heavy atom. The van der Waals surface area contributed by atoms with Crippen LogP contribution >= 0.6 is 0 Å². The van der Waals surface area contributed by atoms with E-state index in [0.717, 1.165) is 5.01 Å². The number of nitrogens with two attached hydrogens (primary N) is 1. The fourth-order valence-electron chi connectivity index (χ4n) is 1.22. The zero-order chi connectivity index (χ0) is 14.1. The molecule has 102 valence electrons. The summed E-state index contributed by atoms with van der Waals surface area (Å²) in [7, 11) is 3.09. The third kappa shape index (κ3) is 5.07. The number of rotatable bonds is 4. The monoisotopic (exact) mass is 261 g/mol. The maximum atomic E-state index is 12.4. The number of nitrogens with zero attached hydrogens (tertiary/aromatic N) is 1. The number of carbonyl (C=O) groups is 1. The number of aliphatic hydroxyl groups excluding tert-OH is 1. The van der Waals surface area contributed by atoms with Crippen LogP contribution in [0.25, 0.3) is 0 Å². The summed E-state index contributed by atoms with van der Waals surface area (Å²) >= 11 is 0. The Balaban J connectivity index is 0.000000494. The second-order valence-electron chi connectivity index (χ2n) is 3.35. The van der Waals surface area contributed by atoms with Gasteiger partial charge < -0.3 is 10.4 Å². The number of hydrazine groups is 1. The average Bonchev–Trinajstić information content (AvgIpc) is 2.38. The normalized spacial score (nSPS) is 9.50. The minimum Gasteiger partial charge on any atom is -0.392 e. The topological polar surface area (TPSA) is 78.6 Å². The second kappa shape index (κ2) is 8.37. The van der Waals surface area contributed by atoms with Crippen molar-refractivity contribution >= 4 is 12.1 Å². The highest BCUT2D eigenvalue weighted by Crippen LogP contribution is 2.27. The summed E-state index contributed by atoms with van der Waals surface area (Å²) in [5, 5.41) is 12.6. The van der Waals surface area contributed by atoms with Crippen LogP contribution in [-0.4, -0.2) is 30.6 Å². The first-order valence-electron chi connectivity index (χ1n) is 5.09. The molecule has 0 heterocycles. The van der Waals surface area contributed by atoms with Crippen molar-refractivity contribution in [2.75, 3.05) is 19.4 Å². The van der Waals surface area contributed by atoms with E-state index in [1.165, 1.54) is 19.2 Å². The first-order valence-corrected chi connectivity index (χ1v) is 5.09. The molecule has 18 heavy (non-hydrogen) atoms. The summed E-state index contributed by atoms with van der Waals surface area (Å²) in [6, 6.07) is 4.50. The van der Waals surface area contributed by atoms with Gasteiger partial charge in [0.15, 0.2) is 0 Å². The van der Waals surface area contributed by atoms with Crippen LogP contribution < -0.4 is 11.2 Å². The molecule has 0 atom stereocenters. The van der Waals surface area contributed by atoms with Crippen LogP contribution in [0, 0.1) is 0 Å². The van der Waals surface area contributed by atoms with Gasteiger partial charge >= 0.3 is 0 Å². The molecule has 7 heteroatoms. The molecule has 0 radical (unpaired) electrons. The molecule has 1 rings (SSSR count). The van der Waals surface area contributed by atoms with Crippen molar-refractivity contribution in [1.82, 2.24) is 5.01 Å². The largest absolute Gasteiger partial charge is 0.392 e. The number of anilines is 1. The van der Waals surface area contributed by atoms with Crippen molar-refractivity contribution in [3.8, 4) is 0 Å². The molecule has 1 amide bonds. The fraction of sp³-hybridized carbons (Fsp3) is 0.364. The standard InChI is InChI=1S/C9H11F2NO.C2H6N2O/c1-12-8-4-2-3-6(9(10)11)7(8)5-13;1-4(3)2-5/h2-4,9,12-13H,5H2,1H3;2H,3H2,1H3. The number of aliphatic hydroxyl groups is 1. The quantitative estimate of drug-likeness (QED) is 0.328. The number of hydrogen-bond donors (Lipinski definition) is 3. The van der Waals surface area contributed by atoms with E-state index in [1.807, 2.05) is 0 Å². The average molecular weight is 261 g/mol. The van der Waals surface area contributed by atoms with Crippen LogP contribution in [0.2, 0.25) is 0 Å². The minimum absolute atomic E-state index is 0.116. The number of alkyl halides is 2. The number of benzene rings is 1. The van der Waals surface area contributed by atoms with Crippen molar-refractivity contribution in [3.63, 3.8) is 0 Å². The van der Waals surface area contributed by atoms with Gasteiger partial charge in [-0.05, 0) is 6.07 Å². The van der Waals surface area contributed by atoms with Crippen LogP contribution in [0.1, 0.15) is 17.6 Å². The summed E-state index contributed by atoms with van der Waals surface area (Å²) in [5.74, 6) is 4.76. The summed E-state index contributed by atoms with van der Waals surface area (Å²) in [4.78, 5) is 9.31. The van der Waals surface area contributed by atoms with E-state index in [1.54, 1.807) is 13.1 Å². The van der Waals surface area contributed by atoms with Gasteiger partial charge in [-0.2, -0.15) is 0 Å². The lowest BCUT2D eigenvalue weighted by molar-refractivity contribution is -0.117. The van der Waals surface area contributed by atoms with Crippen LogP contribution in [0.4, 0.5) is 14.5 Å². The SMILES string of the molecule is CN(N)C=O.CNc1cccc(C(F)F)c1CO. The van der Waals surface area contributed by atoms with E-state index < -0.39 is 6.43 Å². The van der Waals surface area contributed by atoms with Crippen molar-refractivity contribution in [3.05, 3.63) is 29.3 Å². The molecule has 0 saturated heterocycles. The van der Waals surface area contributed by atoms with Crippen molar-refractivity contribution in [1.29, 1.82) is 0 Å². The molecule has 0 bridgehead atoms. The molecule has 0 unspecified atom stereocenters. The molecule has 1 aromatic carbocycles. The molecule has 0 aliphatic heterocycles. The van der Waals surface area contributed by atoms with E-state index in [4.69, 9.17) is 10.9 Å². The smallest absolute Gasteiger partial charge is 0.264 e. The maximum Gasteiger partial charge on any atom is 0.264 e. The Kier molecular flexibility index (Phi) is 7.57. The van der Waals surface area contributed by atoms with Gasteiger partial charge in [-0.25, -0.2) is 14.6 Å². The molecule has 0 saturated carbocycles. The molecule has 5 nitrogen and oxygen atoms in total. The van der Waals surface area contributed by atoms with Gasteiger partial charge in [0.05, 0.1) is 6.61 Å². The predicted octanol–water partition coefficient (Wildman–Crippen LogP) is 1.11. The van der Waals surface area contributed by atoms with E-state index >= 15 is 0 Å². The molecule has 4 N–H and O–H groups in total. The van der Waals surface area contributed by atoms with Crippen LogP contribution in [0.15, 0.2) is 18.2 Å². The highest BCUT2D eigenvalue weighted by atomic mass is 19.3. The van der Waals surface area contributed by atoms with Gasteiger partial charge in [0, 0.05) is 30.9 Å². The highest BCUT2D eigenvalue weighted by molar-refractivity contribution is 5.54. The molecular weight excluding hydrogens is 244 g/mol. The third-order valence-electron chi connectivity index (χ3n) is 2.04. The number of nitrogens with one attached hydrogen (secondary N) is 1. The van der Waals surface area contributed by atoms with Crippen LogP contribution in [0.5, 0.6) is 0 Å². The van der Waals surface area contributed by atoms with E-state index in [-0.39, 0.29) is 17.7 Å². The van der Waals surface area contributed by atoms with E-state index in [9.17, 15) is 13.6 Å². The van der Waals surface area contributed by atoms with Crippen molar-refractivity contribution in [2.24, 2.45) is 5.84 Å². The van der Waals surface area contributed by atoms with Gasteiger partial charge in [0.1, 0.15) is 0 Å². The first-order chi connectivity index (χ1) is 8.47. The van der Waals surface area contributed by atoms with Gasteiger partial charge in [-0.1, -0.05) is 12.1 Å². The minimum atomic E-state index is -2.55. The Bertz CT molecular complexity index is 373. The van der Waals surface area contributed by atoms with Crippen molar-refractivity contribution < 1.29 is 18.7 Å². The summed E-state index contributed by atoms with van der Waals surface area (Å²) in [5.41, 5.74) is 0.689. The number of halogens is 2. The molecule has 0 fully saturated rings. The fourth-order valence-corrected chi connectivity index (χ4v) is 1.22. The molecule has 0 aliphatic carbocycles. The Hall–Kier alpha value is -1.73. The molecule has 0 aliphatic rings. The zero-order valence-corrected chi connectivity index (χ0v) is 10.2. The molecular formula is C11H17F2N3O2. The van der Waals surface area contributed by atoms with E-state index in [2.05, 4.69) is 5.32 Å². The summed E-state index contributed by atoms with van der Waals surface area (Å²) < 4.78 is 24.8.